The number of carbonyl (C=O) groups excluding carboxylic acids is 1. The summed E-state index contributed by atoms with van der Waals surface area (Å²) in [5.74, 6) is 0.875. The molecule has 0 radical (unpaired) electrons. The van der Waals surface area contributed by atoms with Gasteiger partial charge in [0.1, 0.15) is 5.75 Å². The highest BCUT2D eigenvalue weighted by atomic mass is 16.5. The molecule has 1 N–H and O–H groups in total. The molecule has 1 aliphatic heterocycles. The van der Waals surface area contributed by atoms with E-state index in [1.54, 1.807) is 0 Å². The number of para-hydroxylation sites is 2. The predicted molar refractivity (Wildman–Crippen MR) is 106 cm³/mol. The van der Waals surface area contributed by atoms with E-state index in [-0.39, 0.29) is 5.91 Å². The van der Waals surface area contributed by atoms with E-state index in [1.807, 2.05) is 50.2 Å². The van der Waals surface area contributed by atoms with Crippen molar-refractivity contribution in [2.45, 2.75) is 39.7 Å². The Morgan fingerprint density at radius 1 is 1.04 bits per heavy atom. The monoisotopic (exact) mass is 352 g/mol. The lowest BCUT2D eigenvalue weighted by Gasteiger charge is -2.18. The Kier molecular flexibility index (Phi) is 6.29. The largest absolute Gasteiger partial charge is 0.493 e. The van der Waals surface area contributed by atoms with E-state index in [0.717, 1.165) is 42.2 Å². The van der Waals surface area contributed by atoms with Crippen molar-refractivity contribution in [3.05, 3.63) is 59.2 Å². The first kappa shape index (κ1) is 18.5. The number of hydrogen-bond donors (Lipinski definition) is 1. The fraction of sp³-hybridized carbons (Fsp3) is 0.409. The van der Waals surface area contributed by atoms with Gasteiger partial charge in [0.2, 0.25) is 5.91 Å². The first-order chi connectivity index (χ1) is 12.6. The maximum atomic E-state index is 12.4. The highest BCUT2D eigenvalue weighted by molar-refractivity contribution is 5.91. The fourth-order valence-corrected chi connectivity index (χ4v) is 3.45. The zero-order chi connectivity index (χ0) is 18.4. The van der Waals surface area contributed by atoms with Gasteiger partial charge in [-0.1, -0.05) is 36.4 Å². The predicted octanol–water partition coefficient (Wildman–Crippen LogP) is 4.31. The van der Waals surface area contributed by atoms with Crippen LogP contribution in [0.15, 0.2) is 42.5 Å². The van der Waals surface area contributed by atoms with Crippen molar-refractivity contribution in [2.75, 3.05) is 25.0 Å². The molecule has 1 fully saturated rings. The van der Waals surface area contributed by atoms with Crippen LogP contribution in [0.2, 0.25) is 0 Å². The zero-order valence-electron chi connectivity index (χ0n) is 15.8. The molecule has 0 unspecified atom stereocenters. The van der Waals surface area contributed by atoms with E-state index >= 15 is 0 Å². The number of aryl methyl sites for hydroxylation is 2. The minimum Gasteiger partial charge on any atom is -0.493 e. The second kappa shape index (κ2) is 8.86. The molecule has 4 heteroatoms. The smallest absolute Gasteiger partial charge is 0.227 e. The molecule has 0 aromatic heterocycles. The van der Waals surface area contributed by atoms with E-state index < -0.39 is 0 Å². The molecule has 26 heavy (non-hydrogen) atoms. The number of hydrogen-bond acceptors (Lipinski definition) is 3. The molecule has 1 amide bonds. The number of nitrogens with zero attached hydrogens (tertiary/aromatic N) is 1. The number of amides is 1. The van der Waals surface area contributed by atoms with Gasteiger partial charge in [-0.2, -0.15) is 0 Å². The summed E-state index contributed by atoms with van der Waals surface area (Å²) < 4.78 is 5.84. The van der Waals surface area contributed by atoms with Crippen LogP contribution in [-0.4, -0.2) is 30.5 Å². The van der Waals surface area contributed by atoms with Gasteiger partial charge in [0.15, 0.2) is 0 Å². The molecule has 4 nitrogen and oxygen atoms in total. The molecule has 1 saturated heterocycles. The number of rotatable bonds is 7. The van der Waals surface area contributed by atoms with Crippen LogP contribution in [0.25, 0.3) is 0 Å². The first-order valence-electron chi connectivity index (χ1n) is 9.42. The third-order valence-corrected chi connectivity index (χ3v) is 4.87. The lowest BCUT2D eigenvalue weighted by Crippen LogP contribution is -2.21. The van der Waals surface area contributed by atoms with Crippen molar-refractivity contribution in [1.82, 2.24) is 4.90 Å². The molecule has 1 aliphatic rings. The Balaban J connectivity index is 1.53. The molecule has 0 saturated carbocycles. The van der Waals surface area contributed by atoms with E-state index in [1.165, 1.54) is 18.4 Å². The molecule has 1 heterocycles. The maximum Gasteiger partial charge on any atom is 0.227 e. The van der Waals surface area contributed by atoms with E-state index in [9.17, 15) is 4.79 Å². The van der Waals surface area contributed by atoms with Gasteiger partial charge < -0.3 is 10.1 Å². The van der Waals surface area contributed by atoms with Crippen molar-refractivity contribution in [3.63, 3.8) is 0 Å². The molecule has 0 aliphatic carbocycles. The highest BCUT2D eigenvalue weighted by Gasteiger charge is 2.14. The summed E-state index contributed by atoms with van der Waals surface area (Å²) in [5.41, 5.74) is 4.29. The Morgan fingerprint density at radius 3 is 2.46 bits per heavy atom. The van der Waals surface area contributed by atoms with Crippen LogP contribution < -0.4 is 10.1 Å². The summed E-state index contributed by atoms with van der Waals surface area (Å²) >= 11 is 0. The van der Waals surface area contributed by atoms with Crippen molar-refractivity contribution in [3.8, 4) is 5.75 Å². The van der Waals surface area contributed by atoms with Gasteiger partial charge in [-0.15, -0.1) is 0 Å². The number of carbonyl (C=O) groups is 1. The van der Waals surface area contributed by atoms with Crippen molar-refractivity contribution in [1.29, 1.82) is 0 Å². The molecule has 2 aromatic carbocycles. The Labute approximate surface area is 156 Å². The Hall–Kier alpha value is -2.33. The summed E-state index contributed by atoms with van der Waals surface area (Å²) in [5, 5.41) is 3.05. The standard InChI is InChI=1S/C22H28N2O2/c1-17-8-7-9-18(2)22(17)26-15-12-21(25)23-20-11-4-3-10-19(20)16-24-13-5-6-14-24/h3-4,7-11H,5-6,12-16H2,1-2H3,(H,23,25). The lowest BCUT2D eigenvalue weighted by molar-refractivity contribution is -0.116. The number of anilines is 1. The van der Waals surface area contributed by atoms with Crippen LogP contribution in [-0.2, 0) is 11.3 Å². The Bertz CT molecular complexity index is 731. The molecule has 138 valence electrons. The number of nitrogens with one attached hydrogen (secondary N) is 1. The van der Waals surface area contributed by atoms with Gasteiger partial charge >= 0.3 is 0 Å². The first-order valence-corrected chi connectivity index (χ1v) is 9.42. The molecular weight excluding hydrogens is 324 g/mol. The van der Waals surface area contributed by atoms with Gasteiger partial charge in [-0.3, -0.25) is 9.69 Å². The number of benzene rings is 2. The summed E-state index contributed by atoms with van der Waals surface area (Å²) in [6.45, 7) is 7.62. The van der Waals surface area contributed by atoms with Crippen LogP contribution >= 0.6 is 0 Å². The van der Waals surface area contributed by atoms with Gasteiger partial charge in [0, 0.05) is 12.2 Å². The quantitative estimate of drug-likeness (QED) is 0.807. The normalized spacial score (nSPS) is 14.4. The average molecular weight is 352 g/mol. The van der Waals surface area contributed by atoms with E-state index in [0.29, 0.717) is 13.0 Å². The minimum atomic E-state index is -0.00916. The SMILES string of the molecule is Cc1cccc(C)c1OCCC(=O)Nc1ccccc1CN1CCCC1. The molecule has 0 spiro atoms. The second-order valence-electron chi connectivity index (χ2n) is 7.01. The van der Waals surface area contributed by atoms with Crippen LogP contribution in [0.1, 0.15) is 36.0 Å². The second-order valence-corrected chi connectivity index (χ2v) is 7.01. The fourth-order valence-electron chi connectivity index (χ4n) is 3.45. The molecular formula is C22H28N2O2. The Morgan fingerprint density at radius 2 is 1.73 bits per heavy atom. The minimum absolute atomic E-state index is 0.00916. The maximum absolute atomic E-state index is 12.4. The number of likely N-dealkylation sites (tertiary alicyclic amines) is 1. The van der Waals surface area contributed by atoms with Gasteiger partial charge in [0.05, 0.1) is 13.0 Å². The zero-order valence-corrected chi connectivity index (χ0v) is 15.8. The van der Waals surface area contributed by atoms with Crippen molar-refractivity contribution >= 4 is 11.6 Å². The van der Waals surface area contributed by atoms with E-state index in [2.05, 4.69) is 16.3 Å². The van der Waals surface area contributed by atoms with Crippen molar-refractivity contribution in [2.24, 2.45) is 0 Å². The highest BCUT2D eigenvalue weighted by Crippen LogP contribution is 2.23. The van der Waals surface area contributed by atoms with Crippen molar-refractivity contribution < 1.29 is 9.53 Å². The number of ether oxygens (including phenoxy) is 1. The summed E-state index contributed by atoms with van der Waals surface area (Å²) in [6.07, 6.45) is 2.88. The summed E-state index contributed by atoms with van der Waals surface area (Å²) in [7, 11) is 0. The van der Waals surface area contributed by atoms with Gasteiger partial charge in [0.25, 0.3) is 0 Å². The van der Waals surface area contributed by atoms with Crippen LogP contribution in [0.4, 0.5) is 5.69 Å². The lowest BCUT2D eigenvalue weighted by atomic mass is 10.1. The molecule has 0 bridgehead atoms. The average Bonchev–Trinajstić information content (AvgIpc) is 3.12. The third-order valence-electron chi connectivity index (χ3n) is 4.87. The summed E-state index contributed by atoms with van der Waals surface area (Å²) in [6, 6.07) is 14.1. The van der Waals surface area contributed by atoms with E-state index in [4.69, 9.17) is 4.74 Å². The topological polar surface area (TPSA) is 41.6 Å². The molecule has 3 rings (SSSR count). The van der Waals surface area contributed by atoms with Crippen LogP contribution in [0.3, 0.4) is 0 Å². The molecule has 0 atom stereocenters. The molecule has 2 aromatic rings. The summed E-state index contributed by atoms with van der Waals surface area (Å²) in [4.78, 5) is 14.8. The third kappa shape index (κ3) is 4.85. The van der Waals surface area contributed by atoms with Gasteiger partial charge in [-0.05, 0) is 62.5 Å². The van der Waals surface area contributed by atoms with Crippen LogP contribution in [0, 0.1) is 13.8 Å². The van der Waals surface area contributed by atoms with Gasteiger partial charge in [-0.25, -0.2) is 0 Å². The van der Waals surface area contributed by atoms with Crippen LogP contribution in [0.5, 0.6) is 5.75 Å².